The lowest BCUT2D eigenvalue weighted by atomic mass is 10.2. The van der Waals surface area contributed by atoms with Crippen molar-refractivity contribution in [3.8, 4) is 0 Å². The van der Waals surface area contributed by atoms with Gasteiger partial charge in [-0.3, -0.25) is 14.9 Å². The Morgan fingerprint density at radius 3 is 2.71 bits per heavy atom. The van der Waals surface area contributed by atoms with Crippen molar-refractivity contribution in [1.29, 1.82) is 0 Å². The molecule has 1 fully saturated rings. The van der Waals surface area contributed by atoms with Crippen molar-refractivity contribution >= 4 is 5.96 Å². The highest BCUT2D eigenvalue weighted by Crippen LogP contribution is 2.20. The number of nitrogens with one attached hydrogen (secondary N) is 2. The molecule has 5 heteroatoms. The summed E-state index contributed by atoms with van der Waals surface area (Å²) in [6.07, 6.45) is 4.00. The van der Waals surface area contributed by atoms with Gasteiger partial charge in [-0.15, -0.1) is 0 Å². The van der Waals surface area contributed by atoms with Crippen molar-refractivity contribution < 1.29 is 0 Å². The maximum atomic E-state index is 4.78. The Kier molecular flexibility index (Phi) is 7.43. The minimum absolute atomic E-state index is 0.428. The summed E-state index contributed by atoms with van der Waals surface area (Å²) in [5.74, 6) is 0.918. The molecule has 0 spiro atoms. The van der Waals surface area contributed by atoms with Crippen LogP contribution < -0.4 is 10.6 Å². The molecule has 1 aromatic heterocycles. The number of aromatic nitrogens is 1. The van der Waals surface area contributed by atoms with E-state index in [2.05, 4.69) is 76.8 Å². The fraction of sp³-hybridized carbons (Fsp3) is 0.478. The number of hydrogen-bond acceptors (Lipinski definition) is 3. The lowest BCUT2D eigenvalue weighted by Crippen LogP contribution is -2.44. The standard InChI is InChI=1S/C23H33N5/c1-4-24-23(25-13-12-20-11-10-18(2)26-15-20)27-22-14-19(3)28(17-22)16-21-8-6-5-7-9-21/h5-11,15,19,22H,4,12-14,16-17H2,1-3H3,(H2,24,25,27). The fourth-order valence-corrected chi connectivity index (χ4v) is 3.70. The molecule has 2 unspecified atom stereocenters. The molecule has 1 aliphatic heterocycles. The highest BCUT2D eigenvalue weighted by atomic mass is 15.3. The second-order valence-electron chi connectivity index (χ2n) is 7.66. The van der Waals surface area contributed by atoms with Crippen LogP contribution in [-0.4, -0.2) is 47.6 Å². The Bertz CT molecular complexity index is 741. The number of benzene rings is 1. The Labute approximate surface area is 169 Å². The van der Waals surface area contributed by atoms with Gasteiger partial charge in [-0.2, -0.15) is 0 Å². The first kappa shape index (κ1) is 20.3. The first-order valence-electron chi connectivity index (χ1n) is 10.4. The van der Waals surface area contributed by atoms with E-state index >= 15 is 0 Å². The van der Waals surface area contributed by atoms with Crippen LogP contribution in [0.2, 0.25) is 0 Å². The quantitative estimate of drug-likeness (QED) is 0.573. The van der Waals surface area contributed by atoms with Crippen LogP contribution in [-0.2, 0) is 13.0 Å². The van der Waals surface area contributed by atoms with Crippen molar-refractivity contribution in [2.45, 2.75) is 52.2 Å². The third-order valence-corrected chi connectivity index (χ3v) is 5.26. The van der Waals surface area contributed by atoms with E-state index in [1.54, 1.807) is 0 Å². The maximum Gasteiger partial charge on any atom is 0.191 e. The van der Waals surface area contributed by atoms with E-state index in [0.717, 1.165) is 50.7 Å². The Morgan fingerprint density at radius 1 is 1.18 bits per heavy atom. The minimum Gasteiger partial charge on any atom is -0.357 e. The summed E-state index contributed by atoms with van der Waals surface area (Å²) in [7, 11) is 0. The molecule has 0 saturated carbocycles. The first-order chi connectivity index (χ1) is 13.6. The number of hydrogen-bond donors (Lipinski definition) is 2. The molecule has 2 N–H and O–H groups in total. The van der Waals surface area contributed by atoms with Gasteiger partial charge >= 0.3 is 0 Å². The number of aliphatic imine (C=N–C) groups is 1. The minimum atomic E-state index is 0.428. The molecule has 1 aliphatic rings. The number of likely N-dealkylation sites (tertiary alicyclic amines) is 1. The van der Waals surface area contributed by atoms with Crippen LogP contribution >= 0.6 is 0 Å². The zero-order chi connectivity index (χ0) is 19.8. The summed E-state index contributed by atoms with van der Waals surface area (Å²) in [6.45, 7) is 10.1. The zero-order valence-electron chi connectivity index (χ0n) is 17.4. The molecule has 1 aromatic carbocycles. The van der Waals surface area contributed by atoms with Crippen LogP contribution in [0.25, 0.3) is 0 Å². The monoisotopic (exact) mass is 379 g/mol. The van der Waals surface area contributed by atoms with E-state index in [1.807, 2.05) is 13.1 Å². The predicted molar refractivity (Wildman–Crippen MR) is 117 cm³/mol. The molecule has 0 bridgehead atoms. The average Bonchev–Trinajstić information content (AvgIpc) is 3.03. The number of rotatable bonds is 7. The molecule has 2 atom stereocenters. The first-order valence-corrected chi connectivity index (χ1v) is 10.4. The van der Waals surface area contributed by atoms with Crippen molar-refractivity contribution in [2.75, 3.05) is 19.6 Å². The lowest BCUT2D eigenvalue weighted by Gasteiger charge is -2.21. The van der Waals surface area contributed by atoms with E-state index < -0.39 is 0 Å². The van der Waals surface area contributed by atoms with Gasteiger partial charge < -0.3 is 10.6 Å². The number of guanidine groups is 1. The highest BCUT2D eigenvalue weighted by Gasteiger charge is 2.29. The van der Waals surface area contributed by atoms with Crippen LogP contribution in [0.5, 0.6) is 0 Å². The molecular weight excluding hydrogens is 346 g/mol. The Morgan fingerprint density at radius 2 is 2.00 bits per heavy atom. The van der Waals surface area contributed by atoms with E-state index in [-0.39, 0.29) is 0 Å². The Balaban J connectivity index is 1.52. The molecule has 1 saturated heterocycles. The number of nitrogens with zero attached hydrogens (tertiary/aromatic N) is 3. The van der Waals surface area contributed by atoms with Gasteiger partial charge in [0.25, 0.3) is 0 Å². The SMILES string of the molecule is CCNC(=NCCc1ccc(C)nc1)NC1CC(C)N(Cc2ccccc2)C1. The van der Waals surface area contributed by atoms with Crippen molar-refractivity contribution in [3.63, 3.8) is 0 Å². The molecule has 5 nitrogen and oxygen atoms in total. The summed E-state index contributed by atoms with van der Waals surface area (Å²) >= 11 is 0. The molecular formula is C23H33N5. The van der Waals surface area contributed by atoms with Gasteiger partial charge in [0.2, 0.25) is 0 Å². The molecule has 150 valence electrons. The smallest absolute Gasteiger partial charge is 0.191 e. The van der Waals surface area contributed by atoms with Gasteiger partial charge in [-0.1, -0.05) is 36.4 Å². The molecule has 28 heavy (non-hydrogen) atoms. The lowest BCUT2D eigenvalue weighted by molar-refractivity contribution is 0.258. The Hall–Kier alpha value is -2.40. The van der Waals surface area contributed by atoms with Crippen molar-refractivity contribution in [3.05, 3.63) is 65.5 Å². The third-order valence-electron chi connectivity index (χ3n) is 5.26. The molecule has 3 rings (SSSR count). The third kappa shape index (κ3) is 6.06. The zero-order valence-corrected chi connectivity index (χ0v) is 17.4. The van der Waals surface area contributed by atoms with Gasteiger partial charge in [0.1, 0.15) is 0 Å². The van der Waals surface area contributed by atoms with Gasteiger partial charge in [-0.05, 0) is 50.8 Å². The topological polar surface area (TPSA) is 52.6 Å². The van der Waals surface area contributed by atoms with Crippen molar-refractivity contribution in [1.82, 2.24) is 20.5 Å². The molecule has 0 amide bonds. The number of pyridine rings is 1. The largest absolute Gasteiger partial charge is 0.357 e. The number of aryl methyl sites for hydroxylation is 1. The van der Waals surface area contributed by atoms with Gasteiger partial charge in [0.15, 0.2) is 5.96 Å². The van der Waals surface area contributed by atoms with Crippen LogP contribution in [0.3, 0.4) is 0 Å². The van der Waals surface area contributed by atoms with Gasteiger partial charge in [0, 0.05) is 50.2 Å². The average molecular weight is 380 g/mol. The molecule has 0 radical (unpaired) electrons. The van der Waals surface area contributed by atoms with E-state index in [9.17, 15) is 0 Å². The van der Waals surface area contributed by atoms with E-state index in [4.69, 9.17) is 4.99 Å². The molecule has 2 heterocycles. The van der Waals surface area contributed by atoms with Gasteiger partial charge in [0.05, 0.1) is 0 Å². The highest BCUT2D eigenvalue weighted by molar-refractivity contribution is 5.80. The second kappa shape index (κ2) is 10.2. The van der Waals surface area contributed by atoms with Gasteiger partial charge in [-0.25, -0.2) is 0 Å². The fourth-order valence-electron chi connectivity index (χ4n) is 3.70. The van der Waals surface area contributed by atoms with E-state index in [1.165, 1.54) is 11.1 Å². The summed E-state index contributed by atoms with van der Waals surface area (Å²) in [4.78, 5) is 11.7. The summed E-state index contributed by atoms with van der Waals surface area (Å²) in [5.41, 5.74) is 3.66. The maximum absolute atomic E-state index is 4.78. The summed E-state index contributed by atoms with van der Waals surface area (Å²) in [6, 6.07) is 15.9. The normalized spacial score (nSPS) is 20.3. The van der Waals surface area contributed by atoms with Crippen LogP contribution in [0.4, 0.5) is 0 Å². The molecule has 2 aromatic rings. The van der Waals surface area contributed by atoms with Crippen molar-refractivity contribution in [2.24, 2.45) is 4.99 Å². The summed E-state index contributed by atoms with van der Waals surface area (Å²) in [5, 5.41) is 7.03. The van der Waals surface area contributed by atoms with Crippen LogP contribution in [0.1, 0.15) is 37.1 Å². The second-order valence-corrected chi connectivity index (χ2v) is 7.66. The molecule has 0 aliphatic carbocycles. The predicted octanol–water partition coefficient (Wildman–Crippen LogP) is 3.15. The van der Waals surface area contributed by atoms with E-state index in [0.29, 0.717) is 12.1 Å². The van der Waals surface area contributed by atoms with Crippen LogP contribution in [0, 0.1) is 6.92 Å². The van der Waals surface area contributed by atoms with Crippen LogP contribution in [0.15, 0.2) is 53.7 Å². The summed E-state index contributed by atoms with van der Waals surface area (Å²) < 4.78 is 0.